The van der Waals surface area contributed by atoms with Crippen molar-refractivity contribution >= 4 is 0 Å². The van der Waals surface area contributed by atoms with E-state index in [9.17, 15) is 0 Å². The maximum Gasteiger partial charge on any atom is 0.321 e. The summed E-state index contributed by atoms with van der Waals surface area (Å²) in [7, 11) is 0. The number of allylic oxidation sites excluding steroid dienone is 1. The van der Waals surface area contributed by atoms with Crippen LogP contribution in [-0.4, -0.2) is 26.6 Å². The monoisotopic (exact) mass is 583 g/mol. The molecule has 0 rings (SSSR count). The van der Waals surface area contributed by atoms with Crippen LogP contribution in [0.4, 0.5) is 0 Å². The summed E-state index contributed by atoms with van der Waals surface area (Å²) in [6, 6.07) is 0. The molecule has 0 spiro atoms. The van der Waals surface area contributed by atoms with Crippen LogP contribution in [0, 0.1) is 0 Å². The van der Waals surface area contributed by atoms with Crippen LogP contribution in [0.15, 0.2) is 11.7 Å². The minimum absolute atomic E-state index is 0.251. The maximum absolute atomic E-state index is 6.35. The van der Waals surface area contributed by atoms with Gasteiger partial charge in [0.2, 0.25) is 0 Å². The zero-order chi connectivity index (χ0) is 29.9. The van der Waals surface area contributed by atoms with Crippen molar-refractivity contribution in [3.05, 3.63) is 11.7 Å². The lowest BCUT2D eigenvalue weighted by molar-refractivity contribution is -0.0846. The summed E-state index contributed by atoms with van der Waals surface area (Å²) in [4.78, 5) is 0. The highest BCUT2D eigenvalue weighted by Gasteiger charge is 2.13. The Morgan fingerprint density at radius 2 is 0.707 bits per heavy atom. The normalized spacial score (nSPS) is 12.0. The highest BCUT2D eigenvalue weighted by molar-refractivity contribution is 4.95. The summed E-state index contributed by atoms with van der Waals surface area (Å²) in [5, 5.41) is 0. The van der Waals surface area contributed by atoms with Gasteiger partial charge in [-0.05, 0) is 25.7 Å². The van der Waals surface area contributed by atoms with Crippen LogP contribution in [-0.2, 0) is 18.9 Å². The number of rotatable bonds is 35. The molecular weight excluding hydrogens is 508 g/mol. The zero-order valence-corrected chi connectivity index (χ0v) is 28.6. The second kappa shape index (κ2) is 35.3. The van der Waals surface area contributed by atoms with Crippen LogP contribution >= 0.6 is 0 Å². The molecule has 41 heavy (non-hydrogen) atoms. The fraction of sp³-hybridized carbons (Fsp3) is 0.946. The molecule has 0 unspecified atom stereocenters. The highest BCUT2D eigenvalue weighted by Crippen LogP contribution is 2.20. The molecule has 0 saturated heterocycles. The summed E-state index contributed by atoms with van der Waals surface area (Å²) in [6.45, 7) is 11.5. The molecule has 0 aromatic heterocycles. The molecule has 0 saturated carbocycles. The molecule has 0 aromatic rings. The molecule has 0 aliphatic heterocycles. The van der Waals surface area contributed by atoms with Gasteiger partial charge in [-0.3, -0.25) is 0 Å². The van der Waals surface area contributed by atoms with Gasteiger partial charge in [-0.25, -0.2) is 0 Å². The summed E-state index contributed by atoms with van der Waals surface area (Å²) in [6.07, 6.45) is 34.2. The minimum atomic E-state index is 0.251. The van der Waals surface area contributed by atoms with Crippen molar-refractivity contribution in [2.75, 3.05) is 26.6 Å². The molecule has 0 aliphatic carbocycles. The van der Waals surface area contributed by atoms with Gasteiger partial charge in [-0.15, -0.1) is 0 Å². The lowest BCUT2D eigenvalue weighted by atomic mass is 10.1. The van der Waals surface area contributed by atoms with E-state index in [2.05, 4.69) is 27.7 Å². The molecule has 0 atom stereocenters. The first kappa shape index (κ1) is 40.1. The van der Waals surface area contributed by atoms with Gasteiger partial charge < -0.3 is 18.9 Å². The Balaban J connectivity index is 4.67. The third kappa shape index (κ3) is 30.4. The molecule has 0 fully saturated rings. The summed E-state index contributed by atoms with van der Waals surface area (Å²) >= 11 is 0. The molecule has 0 aliphatic rings. The van der Waals surface area contributed by atoms with Crippen molar-refractivity contribution in [1.29, 1.82) is 0 Å². The zero-order valence-electron chi connectivity index (χ0n) is 28.6. The molecule has 0 amide bonds. The molecule has 0 aromatic carbocycles. The Hall–Kier alpha value is -0.900. The van der Waals surface area contributed by atoms with Crippen molar-refractivity contribution in [1.82, 2.24) is 0 Å². The first-order chi connectivity index (χ1) is 20.3. The van der Waals surface area contributed by atoms with Gasteiger partial charge in [-0.1, -0.05) is 169 Å². The van der Waals surface area contributed by atoms with E-state index in [4.69, 9.17) is 18.9 Å². The van der Waals surface area contributed by atoms with Gasteiger partial charge in [0, 0.05) is 6.42 Å². The van der Waals surface area contributed by atoms with E-state index in [1.54, 1.807) is 0 Å². The smallest absolute Gasteiger partial charge is 0.321 e. The summed E-state index contributed by atoms with van der Waals surface area (Å²) in [5.41, 5.74) is 0. The molecule has 246 valence electrons. The second-order valence-electron chi connectivity index (χ2n) is 12.1. The standard InChI is InChI=1S/C37H74O4/c1-5-9-13-16-19-22-25-29-33-39-36(31-27-12-8-4)37(40-34-30-26-23-20-17-14-10-6-2)41-35-38-32-28-24-21-18-15-11-7-3/h5-35H2,1-4H3. The lowest BCUT2D eigenvalue weighted by Gasteiger charge is -2.18. The second-order valence-corrected chi connectivity index (χ2v) is 12.1. The summed E-state index contributed by atoms with van der Waals surface area (Å²) < 4.78 is 24.6. The largest absolute Gasteiger partial charge is 0.491 e. The van der Waals surface area contributed by atoms with E-state index in [0.717, 1.165) is 51.1 Å². The highest BCUT2D eigenvalue weighted by atomic mass is 16.7. The van der Waals surface area contributed by atoms with Crippen molar-refractivity contribution < 1.29 is 18.9 Å². The average Bonchev–Trinajstić information content (AvgIpc) is 2.98. The van der Waals surface area contributed by atoms with Gasteiger partial charge in [0.15, 0.2) is 12.6 Å². The Labute approximate surface area is 258 Å². The fourth-order valence-electron chi connectivity index (χ4n) is 5.12. The SMILES string of the molecule is CCCCCCCCCCOC(CCCCC)=C(OCCCCCCCCCC)OCOCCCCCCCCC. The number of ether oxygens (including phenoxy) is 4. The van der Waals surface area contributed by atoms with E-state index < -0.39 is 0 Å². The van der Waals surface area contributed by atoms with E-state index in [1.807, 2.05) is 0 Å². The fourth-order valence-corrected chi connectivity index (χ4v) is 5.12. The topological polar surface area (TPSA) is 36.9 Å². The van der Waals surface area contributed by atoms with Crippen LogP contribution in [0.1, 0.15) is 201 Å². The lowest BCUT2D eigenvalue weighted by Crippen LogP contribution is -2.10. The Bertz CT molecular complexity index is 519. The van der Waals surface area contributed by atoms with Gasteiger partial charge in [-0.2, -0.15) is 0 Å². The maximum atomic E-state index is 6.35. The van der Waals surface area contributed by atoms with Crippen LogP contribution in [0.25, 0.3) is 0 Å². The van der Waals surface area contributed by atoms with E-state index in [-0.39, 0.29) is 6.79 Å². The number of hydrogen-bond donors (Lipinski definition) is 0. The van der Waals surface area contributed by atoms with Crippen molar-refractivity contribution in [3.63, 3.8) is 0 Å². The number of unbranched alkanes of at least 4 members (excludes halogenated alkanes) is 22. The summed E-state index contributed by atoms with van der Waals surface area (Å²) in [5.74, 6) is 1.49. The van der Waals surface area contributed by atoms with Gasteiger partial charge >= 0.3 is 5.95 Å². The van der Waals surface area contributed by atoms with Crippen molar-refractivity contribution in [3.8, 4) is 0 Å². The molecule has 4 nitrogen and oxygen atoms in total. The van der Waals surface area contributed by atoms with Gasteiger partial charge in [0.05, 0.1) is 19.8 Å². The Morgan fingerprint density at radius 3 is 1.17 bits per heavy atom. The molecule has 0 radical (unpaired) electrons. The molecule has 0 bridgehead atoms. The molecule has 4 heteroatoms. The van der Waals surface area contributed by atoms with E-state index >= 15 is 0 Å². The third-order valence-electron chi connectivity index (χ3n) is 7.91. The van der Waals surface area contributed by atoms with Crippen LogP contribution < -0.4 is 0 Å². The molecule has 0 heterocycles. The van der Waals surface area contributed by atoms with Crippen molar-refractivity contribution in [2.45, 2.75) is 201 Å². The van der Waals surface area contributed by atoms with Crippen LogP contribution in [0.5, 0.6) is 0 Å². The first-order valence-electron chi connectivity index (χ1n) is 18.5. The Morgan fingerprint density at radius 1 is 0.341 bits per heavy atom. The van der Waals surface area contributed by atoms with E-state index in [0.29, 0.717) is 12.6 Å². The molecular formula is C37H74O4. The van der Waals surface area contributed by atoms with E-state index in [1.165, 1.54) is 141 Å². The Kier molecular flexibility index (Phi) is 34.5. The average molecular weight is 583 g/mol. The predicted octanol–water partition coefficient (Wildman–Crippen LogP) is 12.8. The first-order valence-corrected chi connectivity index (χ1v) is 18.5. The minimum Gasteiger partial charge on any atom is -0.491 e. The predicted molar refractivity (Wildman–Crippen MR) is 178 cm³/mol. The van der Waals surface area contributed by atoms with Gasteiger partial charge in [0.25, 0.3) is 0 Å². The number of hydrogen-bond acceptors (Lipinski definition) is 4. The van der Waals surface area contributed by atoms with Gasteiger partial charge in [0.1, 0.15) is 0 Å². The molecule has 0 N–H and O–H groups in total. The quantitative estimate of drug-likeness (QED) is 0.0423. The third-order valence-corrected chi connectivity index (χ3v) is 7.91. The van der Waals surface area contributed by atoms with Crippen LogP contribution in [0.3, 0.4) is 0 Å². The van der Waals surface area contributed by atoms with Crippen LogP contribution in [0.2, 0.25) is 0 Å². The van der Waals surface area contributed by atoms with Crippen molar-refractivity contribution in [2.24, 2.45) is 0 Å².